The number of nitrogens with zero attached hydrogens (tertiary/aromatic N) is 4. The molecular weight excluding hydrogens is 755 g/mol. The zero-order valence-electron chi connectivity index (χ0n) is 31.9. The van der Waals surface area contributed by atoms with Crippen LogP contribution in [0, 0.1) is 11.7 Å². The Balaban J connectivity index is 1.55. The van der Waals surface area contributed by atoms with Gasteiger partial charge in [-0.15, -0.1) is 9.82 Å². The molecule has 17 heteroatoms. The molecule has 1 aliphatic carbocycles. The van der Waals surface area contributed by atoms with E-state index in [1.807, 2.05) is 0 Å². The molecule has 2 atom stereocenters. The van der Waals surface area contributed by atoms with Gasteiger partial charge in [0.1, 0.15) is 21.8 Å². The fourth-order valence-corrected chi connectivity index (χ4v) is 6.78. The molecule has 1 fully saturated rings. The van der Waals surface area contributed by atoms with Gasteiger partial charge >= 0.3 is 12.3 Å². The number of nitrogens with two attached hydrogens (primary N) is 1. The van der Waals surface area contributed by atoms with E-state index in [9.17, 15) is 32.1 Å². The maximum Gasteiger partial charge on any atom is 0.436 e. The molecule has 2 aromatic carbocycles. The molecule has 1 unspecified atom stereocenters. The number of benzene rings is 2. The first-order chi connectivity index (χ1) is 26.1. The van der Waals surface area contributed by atoms with Crippen molar-refractivity contribution in [2.75, 3.05) is 5.32 Å². The largest absolute Gasteiger partial charge is 0.598 e. The summed E-state index contributed by atoms with van der Waals surface area (Å²) in [5.74, 6) is -2.61. The topological polar surface area (TPSA) is 168 Å². The lowest BCUT2D eigenvalue weighted by atomic mass is 9.80. The van der Waals surface area contributed by atoms with Crippen LogP contribution in [0.5, 0.6) is 0 Å². The predicted octanol–water partition coefficient (Wildman–Crippen LogP) is 7.12. The highest BCUT2D eigenvalue weighted by Crippen LogP contribution is 2.43. The van der Waals surface area contributed by atoms with Crippen LogP contribution >= 0.6 is 0 Å². The minimum Gasteiger partial charge on any atom is -0.598 e. The number of amides is 3. The molecule has 2 heterocycles. The lowest BCUT2D eigenvalue weighted by Gasteiger charge is -2.38. The molecule has 0 bridgehead atoms. The van der Waals surface area contributed by atoms with Crippen molar-refractivity contribution in [3.05, 3.63) is 113 Å². The Labute approximate surface area is 325 Å². The number of primary amides is 1. The van der Waals surface area contributed by atoms with Crippen LogP contribution in [0.25, 0.3) is 0 Å². The summed E-state index contributed by atoms with van der Waals surface area (Å²) in [6.07, 6.45) is -1.77. The van der Waals surface area contributed by atoms with E-state index in [1.54, 1.807) is 77.9 Å². The zero-order valence-corrected chi connectivity index (χ0v) is 32.7. The Bertz CT molecular complexity index is 2050. The number of alkyl halides is 3. The Hall–Kier alpha value is -5.00. The monoisotopic (exact) mass is 799 g/mol. The van der Waals surface area contributed by atoms with Crippen LogP contribution in [0.15, 0.2) is 72.9 Å². The molecule has 0 saturated heterocycles. The van der Waals surface area contributed by atoms with Crippen LogP contribution in [-0.4, -0.2) is 52.6 Å². The Morgan fingerprint density at radius 2 is 1.64 bits per heavy atom. The number of aromatic nitrogens is 3. The lowest BCUT2D eigenvalue weighted by molar-refractivity contribution is -0.142. The van der Waals surface area contributed by atoms with Gasteiger partial charge in [-0.3, -0.25) is 24.3 Å². The summed E-state index contributed by atoms with van der Waals surface area (Å²) < 4.78 is 73.8. The van der Waals surface area contributed by atoms with Crippen LogP contribution in [0.4, 0.5) is 28.0 Å². The Kier molecular flexibility index (Phi) is 12.2. The molecule has 2 aromatic heterocycles. The zero-order chi connectivity index (χ0) is 41.2. The second-order valence-electron chi connectivity index (χ2n) is 15.7. The van der Waals surface area contributed by atoms with E-state index >= 15 is 4.39 Å². The van der Waals surface area contributed by atoms with Crippen molar-refractivity contribution in [3.63, 3.8) is 0 Å². The first-order valence-electron chi connectivity index (χ1n) is 17.9. The second kappa shape index (κ2) is 16.2. The molecule has 3 amide bonds. The van der Waals surface area contributed by atoms with Crippen LogP contribution in [-0.2, 0) is 29.6 Å². The van der Waals surface area contributed by atoms with Crippen molar-refractivity contribution in [2.45, 2.75) is 95.8 Å². The number of rotatable bonds is 13. The van der Waals surface area contributed by atoms with Gasteiger partial charge in [0.05, 0.1) is 5.69 Å². The first-order valence-corrected chi connectivity index (χ1v) is 19.0. The minimum absolute atomic E-state index is 0.0185. The summed E-state index contributed by atoms with van der Waals surface area (Å²) in [5.41, 5.74) is 1.89. The fraction of sp³-hybridized carbons (Fsp3) is 0.410. The normalized spacial score (nSPS) is 15.1. The van der Waals surface area contributed by atoms with Gasteiger partial charge in [-0.2, -0.15) is 13.2 Å². The maximum atomic E-state index is 15.6. The second-order valence-corrected chi connectivity index (χ2v) is 17.7. The van der Waals surface area contributed by atoms with Crippen molar-refractivity contribution in [2.24, 2.45) is 11.7 Å². The van der Waals surface area contributed by atoms with Gasteiger partial charge < -0.3 is 15.6 Å². The Morgan fingerprint density at radius 3 is 2.20 bits per heavy atom. The predicted molar refractivity (Wildman–Crippen MR) is 202 cm³/mol. The molecular formula is C39H45F4N7O5S. The first kappa shape index (κ1) is 42.1. The summed E-state index contributed by atoms with van der Waals surface area (Å²) >= 11 is -1.73. The SMILES string of the molecule is CC(C)(C)N(Cc1ccccc1)C(=O)On1nc(C(F)(F)F)cc1C(=O)Nc1cc([C@@](CCC2CC2)(N[S+]([O-])C(C)(C)C)c2ccc(C(N)=O)nc2)ccc1F. The highest BCUT2D eigenvalue weighted by Gasteiger charge is 2.44. The Morgan fingerprint density at radius 1 is 0.982 bits per heavy atom. The number of halogens is 4. The summed E-state index contributed by atoms with van der Waals surface area (Å²) in [4.78, 5) is 50.2. The highest BCUT2D eigenvalue weighted by atomic mass is 32.2. The van der Waals surface area contributed by atoms with Crippen molar-refractivity contribution < 1.29 is 41.3 Å². The average Bonchev–Trinajstić information content (AvgIpc) is 3.85. The maximum absolute atomic E-state index is 15.6. The summed E-state index contributed by atoms with van der Waals surface area (Å²) in [5, 5.41) is 5.71. The van der Waals surface area contributed by atoms with E-state index < -0.39 is 74.2 Å². The molecule has 300 valence electrons. The van der Waals surface area contributed by atoms with Gasteiger partial charge in [0, 0.05) is 35.7 Å². The summed E-state index contributed by atoms with van der Waals surface area (Å²) in [6, 6.07) is 16.0. The molecule has 1 saturated carbocycles. The molecule has 4 N–H and O–H groups in total. The minimum atomic E-state index is -5.04. The summed E-state index contributed by atoms with van der Waals surface area (Å²) in [6.45, 7) is 10.4. The molecule has 0 spiro atoms. The van der Waals surface area contributed by atoms with Crippen molar-refractivity contribution >= 4 is 35.0 Å². The van der Waals surface area contributed by atoms with E-state index in [-0.39, 0.29) is 17.1 Å². The number of carbonyl (C=O) groups excluding carboxylic acids is 3. The number of anilines is 1. The number of nitrogens with one attached hydrogen (secondary N) is 2. The fourth-order valence-electron chi connectivity index (χ4n) is 5.82. The molecule has 4 aromatic rings. The van der Waals surface area contributed by atoms with Gasteiger partial charge in [0.25, 0.3) is 11.8 Å². The van der Waals surface area contributed by atoms with Crippen molar-refractivity contribution in [1.29, 1.82) is 0 Å². The summed E-state index contributed by atoms with van der Waals surface area (Å²) in [7, 11) is 0. The third-order valence-electron chi connectivity index (χ3n) is 9.24. The molecule has 12 nitrogen and oxygen atoms in total. The van der Waals surface area contributed by atoms with Crippen LogP contribution in [0.3, 0.4) is 0 Å². The number of hydrogen-bond donors (Lipinski definition) is 3. The van der Waals surface area contributed by atoms with Gasteiger partial charge in [-0.1, -0.05) is 60.2 Å². The third kappa shape index (κ3) is 10.0. The van der Waals surface area contributed by atoms with Crippen molar-refractivity contribution in [3.8, 4) is 0 Å². The van der Waals surface area contributed by atoms with E-state index in [0.717, 1.165) is 18.9 Å². The van der Waals surface area contributed by atoms with E-state index in [2.05, 4.69) is 20.1 Å². The number of hydrogen-bond acceptors (Lipinski definition) is 8. The van der Waals surface area contributed by atoms with E-state index in [1.165, 1.54) is 29.3 Å². The third-order valence-corrected chi connectivity index (χ3v) is 10.9. The van der Waals surface area contributed by atoms with Crippen LogP contribution in [0.2, 0.25) is 0 Å². The van der Waals surface area contributed by atoms with Crippen molar-refractivity contribution in [1.82, 2.24) is 24.5 Å². The van der Waals surface area contributed by atoms with Gasteiger partial charge in [0.2, 0.25) is 0 Å². The lowest BCUT2D eigenvalue weighted by Crippen LogP contribution is -2.52. The van der Waals surface area contributed by atoms with Crippen LogP contribution < -0.4 is 20.6 Å². The smallest absolute Gasteiger partial charge is 0.436 e. The van der Waals surface area contributed by atoms with Gasteiger partial charge in [-0.25, -0.2) is 9.18 Å². The highest BCUT2D eigenvalue weighted by molar-refractivity contribution is 7.90. The molecule has 0 aliphatic heterocycles. The van der Waals surface area contributed by atoms with Gasteiger partial charge in [-0.05, 0) is 95.2 Å². The molecule has 0 radical (unpaired) electrons. The van der Waals surface area contributed by atoms with Gasteiger partial charge in [0.15, 0.2) is 11.4 Å². The number of carbonyl (C=O) groups is 3. The molecule has 56 heavy (non-hydrogen) atoms. The van der Waals surface area contributed by atoms with Crippen LogP contribution in [0.1, 0.15) is 111 Å². The van der Waals surface area contributed by atoms with E-state index in [0.29, 0.717) is 41.5 Å². The average molecular weight is 800 g/mol. The quantitative estimate of drug-likeness (QED) is 0.0950. The number of pyridine rings is 1. The molecule has 1 aliphatic rings. The molecule has 5 rings (SSSR count). The van der Waals surface area contributed by atoms with E-state index in [4.69, 9.17) is 10.6 Å². The standard InChI is InChI=1S/C39H45F4N7O5S/c1-36(2,3)49(23-25-10-8-7-9-11-25)35(53)55-50-31(21-32(47-50)39(41,42)43)34(52)46-30-20-26(14-16-28(30)40)38(19-18-24-12-13-24,48-56(54)37(4,5)6)27-15-17-29(33(44)51)45-22-27/h7-11,14-17,20-22,24,48H,12-13,18-19,23H2,1-6H3,(H2,44,51)(H,46,52)/t38-,56?/m1/s1.